The molecule has 0 unspecified atom stereocenters. The van der Waals surface area contributed by atoms with E-state index in [1.54, 1.807) is 0 Å². The van der Waals surface area contributed by atoms with Crippen LogP contribution in [0.25, 0.3) is 17.1 Å². The topological polar surface area (TPSA) is 42.5 Å². The Morgan fingerprint density at radius 3 is 2.46 bits per heavy atom. The quantitative estimate of drug-likeness (QED) is 0.756. The van der Waals surface area contributed by atoms with Gasteiger partial charge >= 0.3 is 0 Å². The summed E-state index contributed by atoms with van der Waals surface area (Å²) in [5, 5.41) is 0.405. The highest BCUT2D eigenvalue weighted by molar-refractivity contribution is 7.80. The third-order valence-corrected chi connectivity index (χ3v) is 4.38. The number of aromatic nitrogens is 2. The molecule has 4 nitrogen and oxygen atoms in total. The summed E-state index contributed by atoms with van der Waals surface area (Å²) in [6, 6.07) is 6.44. The van der Waals surface area contributed by atoms with Gasteiger partial charge in [-0.3, -0.25) is 0 Å². The highest BCUT2D eigenvalue weighted by atomic mass is 32.1. The maximum atomic E-state index is 5.16. The molecule has 1 aromatic carbocycles. The van der Waals surface area contributed by atoms with Gasteiger partial charge in [0, 0.05) is 11.4 Å². The van der Waals surface area contributed by atoms with Gasteiger partial charge in [-0.05, 0) is 70.1 Å². The molecule has 0 atom stereocenters. The van der Waals surface area contributed by atoms with Crippen molar-refractivity contribution in [3.63, 3.8) is 0 Å². The first-order valence-corrected chi connectivity index (χ1v) is 8.61. The standard InChI is InChI=1S/C19H22N4S/c1-6-14-7-8-16-15(10-14)22-17(9-11(2)3)23(16)18-12(4)20-19(24)21-13(18)5/h7-10,18H,6H2,1-5H3. The molecule has 24 heavy (non-hydrogen) atoms. The third-order valence-electron chi connectivity index (χ3n) is 4.20. The lowest BCUT2D eigenvalue weighted by Gasteiger charge is -2.24. The second kappa shape index (κ2) is 6.40. The monoisotopic (exact) mass is 338 g/mol. The first kappa shape index (κ1) is 16.7. The van der Waals surface area contributed by atoms with Crippen molar-refractivity contribution in [2.24, 2.45) is 9.98 Å². The Labute approximate surface area is 148 Å². The van der Waals surface area contributed by atoms with E-state index in [1.807, 2.05) is 13.8 Å². The van der Waals surface area contributed by atoms with Crippen LogP contribution in [0.5, 0.6) is 0 Å². The van der Waals surface area contributed by atoms with Gasteiger partial charge in [-0.2, -0.15) is 0 Å². The fourth-order valence-electron chi connectivity index (χ4n) is 3.14. The Hall–Kier alpha value is -2.14. The molecule has 124 valence electrons. The second-order valence-corrected chi connectivity index (χ2v) is 6.79. The number of rotatable bonds is 3. The summed E-state index contributed by atoms with van der Waals surface area (Å²) < 4.78 is 2.22. The van der Waals surface area contributed by atoms with Gasteiger partial charge in [-0.1, -0.05) is 18.6 Å². The van der Waals surface area contributed by atoms with Crippen molar-refractivity contribution in [1.29, 1.82) is 0 Å². The van der Waals surface area contributed by atoms with Gasteiger partial charge in [-0.25, -0.2) is 15.0 Å². The summed E-state index contributed by atoms with van der Waals surface area (Å²) in [4.78, 5) is 13.7. The van der Waals surface area contributed by atoms with E-state index in [1.165, 1.54) is 11.1 Å². The van der Waals surface area contributed by atoms with E-state index in [9.17, 15) is 0 Å². The van der Waals surface area contributed by atoms with Gasteiger partial charge in [0.2, 0.25) is 5.11 Å². The van der Waals surface area contributed by atoms with E-state index in [2.05, 4.69) is 59.6 Å². The van der Waals surface area contributed by atoms with E-state index in [-0.39, 0.29) is 6.04 Å². The zero-order valence-electron chi connectivity index (χ0n) is 14.8. The van der Waals surface area contributed by atoms with Gasteiger partial charge < -0.3 is 4.57 Å². The predicted molar refractivity (Wildman–Crippen MR) is 106 cm³/mol. The van der Waals surface area contributed by atoms with Gasteiger partial charge in [-0.15, -0.1) is 0 Å². The molecule has 1 aliphatic rings. The molecule has 0 saturated carbocycles. The highest BCUT2D eigenvalue weighted by Gasteiger charge is 2.26. The van der Waals surface area contributed by atoms with Crippen molar-refractivity contribution in [2.75, 3.05) is 0 Å². The van der Waals surface area contributed by atoms with Crippen molar-refractivity contribution in [3.8, 4) is 0 Å². The van der Waals surface area contributed by atoms with E-state index >= 15 is 0 Å². The molecule has 1 aliphatic heterocycles. The molecule has 5 heteroatoms. The minimum absolute atomic E-state index is 0.0419. The lowest BCUT2D eigenvalue weighted by Crippen LogP contribution is -2.29. The van der Waals surface area contributed by atoms with Crippen molar-refractivity contribution < 1.29 is 0 Å². The van der Waals surface area contributed by atoms with Crippen LogP contribution in [0.2, 0.25) is 0 Å². The van der Waals surface area contributed by atoms with Crippen LogP contribution >= 0.6 is 12.2 Å². The SMILES string of the molecule is CCc1ccc2c(c1)nc(C=C(C)C)n2C1C(C)=NC(=S)N=C1C. The van der Waals surface area contributed by atoms with Crippen molar-refractivity contribution >= 4 is 45.9 Å². The van der Waals surface area contributed by atoms with Gasteiger partial charge in [0.15, 0.2) is 0 Å². The molecule has 2 heterocycles. The molecular weight excluding hydrogens is 316 g/mol. The number of aryl methyl sites for hydroxylation is 1. The Kier molecular flexibility index (Phi) is 4.45. The average molecular weight is 338 g/mol. The molecule has 2 aromatic rings. The number of imidazole rings is 1. The molecule has 0 radical (unpaired) electrons. The second-order valence-electron chi connectivity index (χ2n) is 6.43. The van der Waals surface area contributed by atoms with Crippen LogP contribution in [-0.4, -0.2) is 26.1 Å². The fraction of sp³-hybridized carbons (Fsp3) is 0.368. The summed E-state index contributed by atoms with van der Waals surface area (Å²) >= 11 is 5.16. The zero-order chi connectivity index (χ0) is 17.4. The van der Waals surface area contributed by atoms with E-state index in [4.69, 9.17) is 17.2 Å². The summed E-state index contributed by atoms with van der Waals surface area (Å²) in [7, 11) is 0. The minimum atomic E-state index is -0.0419. The molecule has 3 rings (SSSR count). The molecule has 0 N–H and O–H groups in total. The van der Waals surface area contributed by atoms with E-state index < -0.39 is 0 Å². The number of aliphatic imine (C=N–C) groups is 2. The third kappa shape index (κ3) is 2.96. The zero-order valence-corrected chi connectivity index (χ0v) is 15.6. The number of hydrogen-bond donors (Lipinski definition) is 0. The van der Waals surface area contributed by atoms with Crippen LogP contribution in [0.3, 0.4) is 0 Å². The molecule has 0 saturated heterocycles. The fourth-order valence-corrected chi connectivity index (χ4v) is 3.43. The molecule has 1 aromatic heterocycles. The number of benzene rings is 1. The van der Waals surface area contributed by atoms with Crippen LogP contribution in [0.15, 0.2) is 33.8 Å². The molecule has 0 amide bonds. The van der Waals surface area contributed by atoms with Crippen LogP contribution in [-0.2, 0) is 6.42 Å². The normalized spacial score (nSPS) is 15.5. The summed E-state index contributed by atoms with van der Waals surface area (Å²) in [6.07, 6.45) is 3.11. The molecular formula is C19H22N4S. The van der Waals surface area contributed by atoms with Crippen molar-refractivity contribution in [2.45, 2.75) is 47.1 Å². The average Bonchev–Trinajstić information content (AvgIpc) is 2.82. The maximum Gasteiger partial charge on any atom is 0.219 e. The number of allylic oxidation sites excluding steroid dienone is 1. The van der Waals surface area contributed by atoms with Gasteiger partial charge in [0.1, 0.15) is 11.9 Å². The summed E-state index contributed by atoms with van der Waals surface area (Å²) in [6.45, 7) is 10.3. The van der Waals surface area contributed by atoms with E-state index in [0.717, 1.165) is 34.7 Å². The lowest BCUT2D eigenvalue weighted by molar-refractivity contribution is 0.794. The Bertz CT molecular complexity index is 889. The largest absolute Gasteiger partial charge is 0.310 e. The highest BCUT2D eigenvalue weighted by Crippen LogP contribution is 2.27. The van der Waals surface area contributed by atoms with Crippen LogP contribution < -0.4 is 0 Å². The molecule has 0 spiro atoms. The maximum absolute atomic E-state index is 5.16. The Balaban J connectivity index is 2.29. The Morgan fingerprint density at radius 1 is 1.21 bits per heavy atom. The van der Waals surface area contributed by atoms with Crippen LogP contribution in [0, 0.1) is 0 Å². The first-order chi connectivity index (χ1) is 11.4. The van der Waals surface area contributed by atoms with Gasteiger partial charge in [0.05, 0.1) is 11.0 Å². The number of thiocarbonyl (C=S) groups is 1. The predicted octanol–water partition coefficient (Wildman–Crippen LogP) is 4.78. The summed E-state index contributed by atoms with van der Waals surface area (Å²) in [5.74, 6) is 0.931. The van der Waals surface area contributed by atoms with E-state index in [0.29, 0.717) is 5.11 Å². The molecule has 0 fully saturated rings. The van der Waals surface area contributed by atoms with Crippen LogP contribution in [0.1, 0.15) is 52.0 Å². The minimum Gasteiger partial charge on any atom is -0.310 e. The number of hydrogen-bond acceptors (Lipinski definition) is 2. The van der Waals surface area contributed by atoms with Crippen molar-refractivity contribution in [1.82, 2.24) is 9.55 Å². The molecule has 0 aliphatic carbocycles. The van der Waals surface area contributed by atoms with Gasteiger partial charge in [0.25, 0.3) is 0 Å². The number of fused-ring (bicyclic) bond motifs is 1. The first-order valence-electron chi connectivity index (χ1n) is 8.20. The summed E-state index contributed by atoms with van der Waals surface area (Å²) in [5.41, 5.74) is 6.51. The number of nitrogens with zero attached hydrogens (tertiary/aromatic N) is 4. The van der Waals surface area contributed by atoms with Crippen molar-refractivity contribution in [3.05, 3.63) is 35.2 Å². The molecule has 0 bridgehead atoms. The van der Waals surface area contributed by atoms with Crippen LogP contribution in [0.4, 0.5) is 0 Å². The smallest absolute Gasteiger partial charge is 0.219 e. The Morgan fingerprint density at radius 2 is 1.88 bits per heavy atom. The lowest BCUT2D eigenvalue weighted by atomic mass is 10.1.